The largest absolute Gasteiger partial charge is 0.330 e. The number of hydrogen-bond donors (Lipinski definition) is 3. The zero-order chi connectivity index (χ0) is 14.5. The van der Waals surface area contributed by atoms with Gasteiger partial charge in [-0.05, 0) is 17.7 Å². The molecular formula is C13H17ClN4O3. The van der Waals surface area contributed by atoms with Gasteiger partial charge in [0.15, 0.2) is 0 Å². The molecule has 0 aliphatic carbocycles. The number of amides is 4. The van der Waals surface area contributed by atoms with E-state index in [2.05, 4.69) is 10.6 Å². The van der Waals surface area contributed by atoms with Crippen molar-refractivity contribution in [2.75, 3.05) is 18.4 Å². The van der Waals surface area contributed by atoms with Crippen molar-refractivity contribution < 1.29 is 14.4 Å². The fraction of sp³-hybridized carbons (Fsp3) is 0.308. The maximum atomic E-state index is 11.5. The van der Waals surface area contributed by atoms with Crippen molar-refractivity contribution >= 4 is 35.9 Å². The first-order valence-electron chi connectivity index (χ1n) is 6.27. The summed E-state index contributed by atoms with van der Waals surface area (Å²) in [6.07, 6.45) is 0.247. The van der Waals surface area contributed by atoms with Crippen LogP contribution in [0, 0.1) is 0 Å². The summed E-state index contributed by atoms with van der Waals surface area (Å²) in [5, 5.41) is 5.16. The van der Waals surface area contributed by atoms with E-state index in [4.69, 9.17) is 5.73 Å². The highest BCUT2D eigenvalue weighted by Gasteiger charge is 2.28. The second-order valence-corrected chi connectivity index (χ2v) is 4.43. The Labute approximate surface area is 128 Å². The molecule has 4 N–H and O–H groups in total. The third-order valence-corrected chi connectivity index (χ3v) is 2.86. The van der Waals surface area contributed by atoms with Gasteiger partial charge >= 0.3 is 6.03 Å². The maximum absolute atomic E-state index is 11.5. The van der Waals surface area contributed by atoms with E-state index in [1.165, 1.54) is 0 Å². The highest BCUT2D eigenvalue weighted by atomic mass is 35.5. The van der Waals surface area contributed by atoms with Gasteiger partial charge in [0.1, 0.15) is 0 Å². The average molecular weight is 313 g/mol. The lowest BCUT2D eigenvalue weighted by molar-refractivity contribution is -0.125. The molecule has 1 aromatic rings. The van der Waals surface area contributed by atoms with Crippen molar-refractivity contribution in [2.45, 2.75) is 13.0 Å². The molecule has 1 heterocycles. The van der Waals surface area contributed by atoms with Gasteiger partial charge in [-0.2, -0.15) is 0 Å². The zero-order valence-corrected chi connectivity index (χ0v) is 12.1. The number of nitrogens with zero attached hydrogens (tertiary/aromatic N) is 1. The quantitative estimate of drug-likeness (QED) is 0.686. The number of nitrogens with one attached hydrogen (secondary N) is 2. The van der Waals surface area contributed by atoms with Gasteiger partial charge in [-0.3, -0.25) is 14.5 Å². The molecule has 0 bridgehead atoms. The monoisotopic (exact) mass is 312 g/mol. The second-order valence-electron chi connectivity index (χ2n) is 4.43. The summed E-state index contributed by atoms with van der Waals surface area (Å²) >= 11 is 0. The summed E-state index contributed by atoms with van der Waals surface area (Å²) in [6, 6.07) is 6.62. The van der Waals surface area contributed by atoms with Crippen LogP contribution in [0.25, 0.3) is 0 Å². The fourth-order valence-electron chi connectivity index (χ4n) is 1.90. The summed E-state index contributed by atoms with van der Waals surface area (Å²) in [4.78, 5) is 35.5. The number of benzene rings is 1. The molecule has 0 radical (unpaired) electrons. The number of carbonyl (C=O) groups excluding carboxylic acids is 3. The number of carbonyl (C=O) groups is 3. The van der Waals surface area contributed by atoms with Crippen molar-refractivity contribution in [3.63, 3.8) is 0 Å². The molecular weight excluding hydrogens is 296 g/mol. The number of nitrogens with two attached hydrogens (primary N) is 1. The Morgan fingerprint density at radius 3 is 2.76 bits per heavy atom. The van der Waals surface area contributed by atoms with Crippen molar-refractivity contribution in [3.05, 3.63) is 29.8 Å². The van der Waals surface area contributed by atoms with Crippen molar-refractivity contribution in [1.82, 2.24) is 10.2 Å². The van der Waals surface area contributed by atoms with Gasteiger partial charge in [0.25, 0.3) is 0 Å². The van der Waals surface area contributed by atoms with E-state index in [1.807, 2.05) is 0 Å². The van der Waals surface area contributed by atoms with Crippen LogP contribution in [0.5, 0.6) is 0 Å². The Balaban J connectivity index is 0.00000220. The normalized spacial score (nSPS) is 13.7. The lowest BCUT2D eigenvalue weighted by Gasteiger charge is -2.13. The minimum absolute atomic E-state index is 0. The molecule has 1 fully saturated rings. The van der Waals surface area contributed by atoms with E-state index in [-0.39, 0.29) is 50.3 Å². The molecule has 0 spiro atoms. The third kappa shape index (κ3) is 4.44. The van der Waals surface area contributed by atoms with Gasteiger partial charge in [0.05, 0.1) is 13.1 Å². The van der Waals surface area contributed by atoms with Crippen LogP contribution < -0.4 is 16.4 Å². The van der Waals surface area contributed by atoms with Crippen LogP contribution in [0.4, 0.5) is 10.5 Å². The van der Waals surface area contributed by atoms with Crippen LogP contribution in [-0.4, -0.2) is 35.8 Å². The Morgan fingerprint density at radius 2 is 2.14 bits per heavy atom. The van der Waals surface area contributed by atoms with Gasteiger partial charge in [-0.25, -0.2) is 4.79 Å². The molecule has 4 amide bonds. The number of imide groups is 1. The first-order chi connectivity index (χ1) is 9.60. The van der Waals surface area contributed by atoms with E-state index < -0.39 is 6.03 Å². The molecule has 0 unspecified atom stereocenters. The van der Waals surface area contributed by atoms with Crippen molar-refractivity contribution in [2.24, 2.45) is 5.73 Å². The molecule has 0 aromatic heterocycles. The second kappa shape index (κ2) is 7.61. The smallest absolute Gasteiger partial charge is 0.324 e. The van der Waals surface area contributed by atoms with Gasteiger partial charge in [0.2, 0.25) is 11.8 Å². The Bertz CT molecular complexity index is 534. The summed E-state index contributed by atoms with van der Waals surface area (Å²) in [5.74, 6) is -0.424. The number of anilines is 1. The number of halogens is 1. The predicted octanol–water partition coefficient (Wildman–Crippen LogP) is 0.447. The fourth-order valence-corrected chi connectivity index (χ4v) is 1.90. The minimum atomic E-state index is -0.396. The average Bonchev–Trinajstić information content (AvgIpc) is 2.71. The summed E-state index contributed by atoms with van der Waals surface area (Å²) in [5.41, 5.74) is 6.69. The van der Waals surface area contributed by atoms with E-state index in [1.54, 1.807) is 24.3 Å². The van der Waals surface area contributed by atoms with Crippen molar-refractivity contribution in [3.8, 4) is 0 Å². The Hall–Kier alpha value is -2.12. The van der Waals surface area contributed by atoms with E-state index in [0.717, 1.165) is 10.5 Å². The third-order valence-electron chi connectivity index (χ3n) is 2.86. The molecule has 0 atom stereocenters. The SMILES string of the molecule is Cl.NCCC(=O)Nc1cccc(CN2C(=O)CNC2=O)c1. The standard InChI is InChI=1S/C13H16N4O3.ClH/c14-5-4-11(18)16-10-3-1-2-9(6-10)8-17-12(19)7-15-13(17)20;/h1-3,6H,4-5,7-8,14H2,(H,15,20)(H,16,18);1H. The molecule has 1 aliphatic rings. The molecule has 21 heavy (non-hydrogen) atoms. The Morgan fingerprint density at radius 1 is 1.38 bits per heavy atom. The highest BCUT2D eigenvalue weighted by molar-refractivity contribution is 6.01. The maximum Gasteiger partial charge on any atom is 0.324 e. The van der Waals surface area contributed by atoms with Gasteiger partial charge in [-0.1, -0.05) is 12.1 Å². The van der Waals surface area contributed by atoms with Crippen LogP contribution in [0.3, 0.4) is 0 Å². The summed E-state index contributed by atoms with van der Waals surface area (Å²) < 4.78 is 0. The van der Waals surface area contributed by atoms with Crippen LogP contribution in [0.1, 0.15) is 12.0 Å². The van der Waals surface area contributed by atoms with Gasteiger partial charge in [0, 0.05) is 18.7 Å². The number of urea groups is 1. The lowest BCUT2D eigenvalue weighted by atomic mass is 10.2. The molecule has 8 heteroatoms. The first kappa shape index (κ1) is 16.9. The van der Waals surface area contributed by atoms with E-state index in [0.29, 0.717) is 5.69 Å². The van der Waals surface area contributed by atoms with Crippen LogP contribution in [0.15, 0.2) is 24.3 Å². The lowest BCUT2D eigenvalue weighted by Crippen LogP contribution is -2.30. The van der Waals surface area contributed by atoms with Gasteiger partial charge < -0.3 is 16.4 Å². The molecule has 1 aromatic carbocycles. The Kier molecular flexibility index (Phi) is 6.13. The van der Waals surface area contributed by atoms with E-state index in [9.17, 15) is 14.4 Å². The topological polar surface area (TPSA) is 105 Å². The van der Waals surface area contributed by atoms with Gasteiger partial charge in [-0.15, -0.1) is 12.4 Å². The molecule has 0 saturated carbocycles. The predicted molar refractivity (Wildman–Crippen MR) is 79.9 cm³/mol. The molecule has 1 aliphatic heterocycles. The number of hydrogen-bond acceptors (Lipinski definition) is 4. The summed E-state index contributed by atoms with van der Waals surface area (Å²) in [6.45, 7) is 0.505. The number of rotatable bonds is 5. The molecule has 7 nitrogen and oxygen atoms in total. The van der Waals surface area contributed by atoms with Crippen LogP contribution in [-0.2, 0) is 16.1 Å². The molecule has 114 valence electrons. The minimum Gasteiger partial charge on any atom is -0.330 e. The zero-order valence-electron chi connectivity index (χ0n) is 11.3. The van der Waals surface area contributed by atoms with Crippen LogP contribution in [0.2, 0.25) is 0 Å². The molecule has 2 rings (SSSR count). The summed E-state index contributed by atoms with van der Waals surface area (Å²) in [7, 11) is 0. The first-order valence-corrected chi connectivity index (χ1v) is 6.27. The van der Waals surface area contributed by atoms with E-state index >= 15 is 0 Å². The highest BCUT2D eigenvalue weighted by Crippen LogP contribution is 2.14. The van der Waals surface area contributed by atoms with Crippen molar-refractivity contribution in [1.29, 1.82) is 0 Å². The van der Waals surface area contributed by atoms with Crippen LogP contribution >= 0.6 is 12.4 Å². The molecule has 1 saturated heterocycles.